The average Bonchev–Trinajstić information content (AvgIpc) is 2.74. The first-order valence-electron chi connectivity index (χ1n) is 10.7. The Hall–Kier alpha value is -2.23. The van der Waals surface area contributed by atoms with E-state index in [1.165, 1.54) is 17.0 Å². The quantitative estimate of drug-likeness (QED) is 0.605. The van der Waals surface area contributed by atoms with Gasteiger partial charge >= 0.3 is 0 Å². The van der Waals surface area contributed by atoms with Crippen LogP contribution in [-0.2, 0) is 24.7 Å². The molecule has 0 saturated heterocycles. The van der Waals surface area contributed by atoms with Crippen molar-refractivity contribution in [1.29, 1.82) is 0 Å². The Balaban J connectivity index is 2.09. The number of hydrogen-bond donors (Lipinski definition) is 1. The monoisotopic (exact) mass is 494 g/mol. The van der Waals surface area contributed by atoms with Gasteiger partial charge in [-0.15, -0.1) is 0 Å². The van der Waals surface area contributed by atoms with E-state index >= 15 is 0 Å². The summed E-state index contributed by atoms with van der Waals surface area (Å²) in [5.41, 5.74) is 5.21. The van der Waals surface area contributed by atoms with Crippen LogP contribution in [-0.4, -0.2) is 47.5 Å². The second-order valence-electron chi connectivity index (χ2n) is 8.62. The van der Waals surface area contributed by atoms with Crippen molar-refractivity contribution in [3.05, 3.63) is 57.6 Å². The minimum absolute atomic E-state index is 0.00339. The number of hydrogen-bond acceptors (Lipinski definition) is 5. The third kappa shape index (κ3) is 5.83. The van der Waals surface area contributed by atoms with Gasteiger partial charge in [0, 0.05) is 26.3 Å². The maximum Gasteiger partial charge on any atom is 0.241 e. The Morgan fingerprint density at radius 1 is 0.879 bits per heavy atom. The minimum atomic E-state index is -3.77. The zero-order chi connectivity index (χ0) is 25.3. The van der Waals surface area contributed by atoms with Crippen LogP contribution >= 0.6 is 0 Å². The third-order valence-electron chi connectivity index (χ3n) is 6.60. The van der Waals surface area contributed by atoms with E-state index in [4.69, 9.17) is 0 Å². The van der Waals surface area contributed by atoms with Crippen LogP contribution in [0.4, 0.5) is 0 Å². The number of nitrogens with zero attached hydrogens (tertiary/aromatic N) is 1. The standard InChI is InChI=1S/C24H34N2O5S2/c1-15-16(2)18(4)24(19(5)17(15)3)33(30,31)25-14-13-23(27)26(7)20(6)21-9-11-22(12-10-21)32(8,28)29/h9-12,20,25H,13-14H2,1-8H3. The molecule has 0 aliphatic carbocycles. The lowest BCUT2D eigenvalue weighted by atomic mass is 9.95. The van der Waals surface area contributed by atoms with Crippen molar-refractivity contribution >= 4 is 25.8 Å². The van der Waals surface area contributed by atoms with E-state index in [1.807, 2.05) is 27.7 Å². The largest absolute Gasteiger partial charge is 0.339 e. The molecule has 2 aromatic rings. The van der Waals surface area contributed by atoms with E-state index in [0.717, 1.165) is 39.6 Å². The number of amides is 1. The summed E-state index contributed by atoms with van der Waals surface area (Å²) in [5, 5.41) is 0. The van der Waals surface area contributed by atoms with Crippen molar-refractivity contribution < 1.29 is 21.6 Å². The fourth-order valence-electron chi connectivity index (χ4n) is 3.84. The van der Waals surface area contributed by atoms with Gasteiger partial charge in [0.2, 0.25) is 15.9 Å². The number of sulfonamides is 1. The molecular weight excluding hydrogens is 460 g/mol. The summed E-state index contributed by atoms with van der Waals surface area (Å²) in [6.45, 7) is 11.2. The molecule has 182 valence electrons. The highest BCUT2D eigenvalue weighted by Gasteiger charge is 2.24. The molecule has 1 atom stereocenters. The first kappa shape index (κ1) is 27.0. The van der Waals surface area contributed by atoms with E-state index in [1.54, 1.807) is 33.0 Å². The molecule has 7 nitrogen and oxygen atoms in total. The van der Waals surface area contributed by atoms with E-state index in [2.05, 4.69) is 4.72 Å². The van der Waals surface area contributed by atoms with Gasteiger partial charge in [0.15, 0.2) is 9.84 Å². The van der Waals surface area contributed by atoms with Crippen molar-refractivity contribution in [2.24, 2.45) is 0 Å². The van der Waals surface area contributed by atoms with Gasteiger partial charge in [0.1, 0.15) is 0 Å². The summed E-state index contributed by atoms with van der Waals surface area (Å²) in [6.07, 6.45) is 1.15. The predicted octanol–water partition coefficient (Wildman–Crippen LogP) is 3.52. The second-order valence-corrected chi connectivity index (χ2v) is 12.3. The number of nitrogens with one attached hydrogen (secondary N) is 1. The van der Waals surface area contributed by atoms with E-state index in [-0.39, 0.29) is 34.7 Å². The molecule has 0 saturated carbocycles. The molecule has 0 aliphatic heterocycles. The van der Waals surface area contributed by atoms with Crippen molar-refractivity contribution in [2.45, 2.75) is 63.8 Å². The molecule has 0 heterocycles. The van der Waals surface area contributed by atoms with Crippen LogP contribution in [0.5, 0.6) is 0 Å². The lowest BCUT2D eigenvalue weighted by molar-refractivity contribution is -0.131. The van der Waals surface area contributed by atoms with Gasteiger partial charge < -0.3 is 4.90 Å². The van der Waals surface area contributed by atoms with Gasteiger partial charge in [-0.25, -0.2) is 21.6 Å². The molecule has 2 rings (SSSR count). The highest BCUT2D eigenvalue weighted by atomic mass is 32.2. The fourth-order valence-corrected chi connectivity index (χ4v) is 6.10. The van der Waals surface area contributed by atoms with Gasteiger partial charge in [-0.2, -0.15) is 0 Å². The zero-order valence-electron chi connectivity index (χ0n) is 20.6. The molecule has 0 spiro atoms. The number of rotatable bonds is 8. The van der Waals surface area contributed by atoms with Crippen molar-refractivity contribution in [3.63, 3.8) is 0 Å². The Kier molecular flexibility index (Phi) is 8.14. The van der Waals surface area contributed by atoms with Gasteiger partial charge in [0.05, 0.1) is 15.8 Å². The van der Waals surface area contributed by atoms with Crippen molar-refractivity contribution in [2.75, 3.05) is 19.8 Å². The van der Waals surface area contributed by atoms with Crippen molar-refractivity contribution in [3.8, 4) is 0 Å². The SMILES string of the molecule is Cc1c(C)c(C)c(S(=O)(=O)NCCC(=O)N(C)C(C)c2ccc(S(C)(=O)=O)cc2)c(C)c1C. The van der Waals surface area contributed by atoms with Crippen LogP contribution in [0, 0.1) is 34.6 Å². The van der Waals surface area contributed by atoms with Gasteiger partial charge in [-0.3, -0.25) is 4.79 Å². The molecule has 1 unspecified atom stereocenters. The summed E-state index contributed by atoms with van der Waals surface area (Å²) in [4.78, 5) is 14.7. The van der Waals surface area contributed by atoms with E-state index < -0.39 is 19.9 Å². The summed E-state index contributed by atoms with van der Waals surface area (Å²) >= 11 is 0. The van der Waals surface area contributed by atoms with Crippen LogP contribution in [0.3, 0.4) is 0 Å². The van der Waals surface area contributed by atoms with E-state index in [9.17, 15) is 21.6 Å². The molecule has 2 aromatic carbocycles. The minimum Gasteiger partial charge on any atom is -0.339 e. The first-order valence-corrected chi connectivity index (χ1v) is 14.1. The molecule has 0 radical (unpaired) electrons. The van der Waals surface area contributed by atoms with Crippen LogP contribution < -0.4 is 4.72 Å². The van der Waals surface area contributed by atoms with Gasteiger partial charge in [0.25, 0.3) is 0 Å². The first-order chi connectivity index (χ1) is 15.1. The molecule has 1 amide bonds. The Morgan fingerprint density at radius 3 is 1.79 bits per heavy atom. The molecule has 9 heteroatoms. The fraction of sp³-hybridized carbons (Fsp3) is 0.458. The molecule has 0 aromatic heterocycles. The molecule has 0 fully saturated rings. The third-order valence-corrected chi connectivity index (χ3v) is 9.46. The Labute approximate surface area is 198 Å². The Morgan fingerprint density at radius 2 is 1.33 bits per heavy atom. The lowest BCUT2D eigenvalue weighted by Gasteiger charge is -2.26. The number of carbonyl (C=O) groups excluding carboxylic acids is 1. The maximum atomic E-state index is 13.0. The normalized spacial score (nSPS) is 13.1. The average molecular weight is 495 g/mol. The summed E-state index contributed by atoms with van der Waals surface area (Å²) in [5.74, 6) is -0.220. The maximum absolute atomic E-state index is 13.0. The number of sulfone groups is 1. The second kappa shape index (κ2) is 9.95. The van der Waals surface area contributed by atoms with Gasteiger partial charge in [-0.05, 0) is 87.1 Å². The molecule has 0 bridgehead atoms. The highest BCUT2D eigenvalue weighted by molar-refractivity contribution is 7.90. The molecule has 1 N–H and O–H groups in total. The zero-order valence-corrected chi connectivity index (χ0v) is 22.2. The van der Waals surface area contributed by atoms with Crippen LogP contribution in [0.1, 0.15) is 52.8 Å². The van der Waals surface area contributed by atoms with Crippen LogP contribution in [0.2, 0.25) is 0 Å². The van der Waals surface area contributed by atoms with Gasteiger partial charge in [-0.1, -0.05) is 12.1 Å². The molecular formula is C24H34N2O5S2. The Bertz CT molecular complexity index is 1240. The molecule has 33 heavy (non-hydrogen) atoms. The predicted molar refractivity (Wildman–Crippen MR) is 131 cm³/mol. The number of benzene rings is 2. The summed E-state index contributed by atoms with van der Waals surface area (Å²) in [6, 6.07) is 6.10. The van der Waals surface area contributed by atoms with E-state index in [0.29, 0.717) is 0 Å². The topological polar surface area (TPSA) is 101 Å². The lowest BCUT2D eigenvalue weighted by Crippen LogP contribution is -2.34. The van der Waals surface area contributed by atoms with Crippen LogP contribution in [0.25, 0.3) is 0 Å². The summed E-state index contributed by atoms with van der Waals surface area (Å²) in [7, 11) is -5.42. The number of carbonyl (C=O) groups is 1. The smallest absolute Gasteiger partial charge is 0.241 e. The van der Waals surface area contributed by atoms with Crippen molar-refractivity contribution in [1.82, 2.24) is 9.62 Å². The highest BCUT2D eigenvalue weighted by Crippen LogP contribution is 2.29. The van der Waals surface area contributed by atoms with Crippen LogP contribution in [0.15, 0.2) is 34.1 Å². The molecule has 0 aliphatic rings. The summed E-state index contributed by atoms with van der Waals surface area (Å²) < 4.78 is 51.9.